The van der Waals surface area contributed by atoms with Crippen LogP contribution in [0, 0.1) is 11.8 Å². The first kappa shape index (κ1) is 13.7. The molecule has 110 valence electrons. The van der Waals surface area contributed by atoms with Gasteiger partial charge in [0.1, 0.15) is 0 Å². The summed E-state index contributed by atoms with van der Waals surface area (Å²) in [6.07, 6.45) is 1.10. The van der Waals surface area contributed by atoms with Gasteiger partial charge in [-0.3, -0.25) is 0 Å². The Bertz CT molecular complexity index is 493. The molecule has 0 radical (unpaired) electrons. The molecule has 0 aromatic heterocycles. The van der Waals surface area contributed by atoms with Crippen LogP contribution in [0.25, 0.3) is 0 Å². The van der Waals surface area contributed by atoms with Crippen LogP contribution in [0.15, 0.2) is 18.2 Å². The summed E-state index contributed by atoms with van der Waals surface area (Å²) in [7, 11) is 1.61. The maximum absolute atomic E-state index is 12.8. The van der Waals surface area contributed by atoms with Gasteiger partial charge in [-0.05, 0) is 36.0 Å². The highest BCUT2D eigenvalue weighted by atomic mass is 19.3. The minimum atomic E-state index is -2.48. The SMILES string of the molecule is COc1cc(C2CC2C)ccc1OCC1CC(F)(F)C1. The number of benzene rings is 1. The minimum absolute atomic E-state index is 0.0437. The summed E-state index contributed by atoms with van der Waals surface area (Å²) < 4.78 is 36.5. The third-order valence-corrected chi connectivity index (χ3v) is 4.37. The van der Waals surface area contributed by atoms with Gasteiger partial charge >= 0.3 is 0 Å². The summed E-state index contributed by atoms with van der Waals surface area (Å²) >= 11 is 0. The fraction of sp³-hybridized carbons (Fsp3) is 0.625. The number of hydrogen-bond donors (Lipinski definition) is 0. The van der Waals surface area contributed by atoms with Crippen LogP contribution >= 0.6 is 0 Å². The van der Waals surface area contributed by atoms with E-state index in [1.54, 1.807) is 7.11 Å². The van der Waals surface area contributed by atoms with Gasteiger partial charge in [-0.1, -0.05) is 13.0 Å². The van der Waals surface area contributed by atoms with Crippen molar-refractivity contribution in [2.24, 2.45) is 11.8 Å². The van der Waals surface area contributed by atoms with Crippen molar-refractivity contribution in [3.8, 4) is 11.5 Å². The van der Waals surface area contributed by atoms with E-state index < -0.39 is 5.92 Å². The minimum Gasteiger partial charge on any atom is -0.493 e. The first-order chi connectivity index (χ1) is 9.48. The number of methoxy groups -OCH3 is 1. The van der Waals surface area contributed by atoms with Gasteiger partial charge < -0.3 is 9.47 Å². The molecule has 3 rings (SSSR count). The quantitative estimate of drug-likeness (QED) is 0.804. The van der Waals surface area contributed by atoms with Gasteiger partial charge in [0, 0.05) is 18.8 Å². The molecule has 2 aliphatic carbocycles. The van der Waals surface area contributed by atoms with Crippen molar-refractivity contribution in [3.63, 3.8) is 0 Å². The lowest BCUT2D eigenvalue weighted by Gasteiger charge is -2.34. The standard InChI is InChI=1S/C16H20F2O2/c1-10-5-13(10)12-3-4-14(15(6-12)19-2)20-9-11-7-16(17,18)8-11/h3-4,6,10-11,13H,5,7-9H2,1-2H3. The van der Waals surface area contributed by atoms with Gasteiger partial charge in [0.2, 0.25) is 5.92 Å². The molecule has 0 bridgehead atoms. The first-order valence-corrected chi connectivity index (χ1v) is 7.17. The van der Waals surface area contributed by atoms with Crippen LogP contribution in [0.3, 0.4) is 0 Å². The summed E-state index contributed by atoms with van der Waals surface area (Å²) in [5, 5.41) is 0. The Morgan fingerprint density at radius 1 is 1.25 bits per heavy atom. The molecule has 0 heterocycles. The van der Waals surface area contributed by atoms with Crippen molar-refractivity contribution < 1.29 is 18.3 Å². The third-order valence-electron chi connectivity index (χ3n) is 4.37. The molecule has 2 aliphatic rings. The molecule has 2 fully saturated rings. The van der Waals surface area contributed by atoms with Crippen molar-refractivity contribution in [1.29, 1.82) is 0 Å². The largest absolute Gasteiger partial charge is 0.493 e. The van der Waals surface area contributed by atoms with Gasteiger partial charge in [0.05, 0.1) is 13.7 Å². The number of ether oxygens (including phenoxy) is 2. The van der Waals surface area contributed by atoms with E-state index in [4.69, 9.17) is 9.47 Å². The summed E-state index contributed by atoms with van der Waals surface area (Å²) in [4.78, 5) is 0. The summed E-state index contributed by atoms with van der Waals surface area (Å²) in [6.45, 7) is 2.57. The van der Waals surface area contributed by atoms with E-state index in [1.165, 1.54) is 12.0 Å². The van der Waals surface area contributed by atoms with E-state index in [9.17, 15) is 8.78 Å². The molecule has 0 aliphatic heterocycles. The van der Waals surface area contributed by atoms with Crippen molar-refractivity contribution in [2.45, 2.75) is 38.0 Å². The molecule has 2 unspecified atom stereocenters. The third kappa shape index (κ3) is 2.74. The van der Waals surface area contributed by atoms with Crippen LogP contribution in [0.5, 0.6) is 11.5 Å². The van der Waals surface area contributed by atoms with Crippen LogP contribution in [0.2, 0.25) is 0 Å². The molecular weight excluding hydrogens is 262 g/mol. The fourth-order valence-corrected chi connectivity index (χ4v) is 2.93. The van der Waals surface area contributed by atoms with E-state index in [0.717, 1.165) is 5.92 Å². The van der Waals surface area contributed by atoms with Crippen LogP contribution < -0.4 is 9.47 Å². The van der Waals surface area contributed by atoms with Gasteiger partial charge in [0.25, 0.3) is 0 Å². The molecular formula is C16H20F2O2. The van der Waals surface area contributed by atoms with Gasteiger partial charge in [-0.25, -0.2) is 8.78 Å². The van der Waals surface area contributed by atoms with Crippen molar-refractivity contribution in [1.82, 2.24) is 0 Å². The van der Waals surface area contributed by atoms with E-state index in [2.05, 4.69) is 13.0 Å². The van der Waals surface area contributed by atoms with Gasteiger partial charge in [0.15, 0.2) is 11.5 Å². The van der Waals surface area contributed by atoms with Crippen LogP contribution in [-0.2, 0) is 0 Å². The Morgan fingerprint density at radius 3 is 2.50 bits per heavy atom. The highest BCUT2D eigenvalue weighted by Crippen LogP contribution is 2.48. The second kappa shape index (κ2) is 4.90. The van der Waals surface area contributed by atoms with Gasteiger partial charge in [-0.15, -0.1) is 0 Å². The zero-order chi connectivity index (χ0) is 14.3. The highest BCUT2D eigenvalue weighted by Gasteiger charge is 2.45. The second-order valence-corrected chi connectivity index (χ2v) is 6.17. The second-order valence-electron chi connectivity index (χ2n) is 6.17. The maximum Gasteiger partial charge on any atom is 0.248 e. The zero-order valence-electron chi connectivity index (χ0n) is 11.9. The zero-order valence-corrected chi connectivity index (χ0v) is 11.9. The van der Waals surface area contributed by atoms with E-state index in [-0.39, 0.29) is 18.8 Å². The van der Waals surface area contributed by atoms with E-state index in [1.807, 2.05) is 12.1 Å². The Morgan fingerprint density at radius 2 is 1.95 bits per heavy atom. The molecule has 0 spiro atoms. The maximum atomic E-state index is 12.8. The lowest BCUT2D eigenvalue weighted by Crippen LogP contribution is -2.38. The normalized spacial score (nSPS) is 27.8. The lowest BCUT2D eigenvalue weighted by molar-refractivity contribution is -0.119. The number of alkyl halides is 2. The molecule has 4 heteroatoms. The summed E-state index contributed by atoms with van der Waals surface area (Å²) in [5.74, 6) is 0.196. The molecule has 1 aromatic carbocycles. The van der Waals surface area contributed by atoms with Crippen LogP contribution in [0.1, 0.15) is 37.7 Å². The van der Waals surface area contributed by atoms with E-state index in [0.29, 0.717) is 24.0 Å². The first-order valence-electron chi connectivity index (χ1n) is 7.17. The monoisotopic (exact) mass is 282 g/mol. The molecule has 2 saturated carbocycles. The van der Waals surface area contributed by atoms with Crippen molar-refractivity contribution in [2.75, 3.05) is 13.7 Å². The van der Waals surface area contributed by atoms with Crippen molar-refractivity contribution in [3.05, 3.63) is 23.8 Å². The molecule has 0 saturated heterocycles. The number of halogens is 2. The van der Waals surface area contributed by atoms with E-state index >= 15 is 0 Å². The number of rotatable bonds is 5. The average molecular weight is 282 g/mol. The molecule has 20 heavy (non-hydrogen) atoms. The van der Waals surface area contributed by atoms with Gasteiger partial charge in [-0.2, -0.15) is 0 Å². The van der Waals surface area contributed by atoms with Crippen LogP contribution in [0.4, 0.5) is 8.78 Å². The molecule has 2 atom stereocenters. The molecule has 2 nitrogen and oxygen atoms in total. The average Bonchev–Trinajstić information content (AvgIpc) is 3.10. The molecule has 1 aromatic rings. The Balaban J connectivity index is 1.61. The smallest absolute Gasteiger partial charge is 0.248 e. The van der Waals surface area contributed by atoms with Crippen molar-refractivity contribution >= 4 is 0 Å². The summed E-state index contributed by atoms with van der Waals surface area (Å²) in [6, 6.07) is 5.97. The molecule has 0 amide bonds. The lowest BCUT2D eigenvalue weighted by atomic mass is 9.82. The number of hydrogen-bond acceptors (Lipinski definition) is 2. The van der Waals surface area contributed by atoms with Crippen LogP contribution in [-0.4, -0.2) is 19.6 Å². The topological polar surface area (TPSA) is 18.5 Å². The predicted octanol–water partition coefficient (Wildman–Crippen LogP) is 4.24. The highest BCUT2D eigenvalue weighted by molar-refractivity contribution is 5.45. The Hall–Kier alpha value is -1.32. The predicted molar refractivity (Wildman–Crippen MR) is 72.7 cm³/mol. The summed E-state index contributed by atoms with van der Waals surface area (Å²) in [5.41, 5.74) is 1.27. The Kier molecular flexibility index (Phi) is 3.35. The fourth-order valence-electron chi connectivity index (χ4n) is 2.93. The molecule has 0 N–H and O–H groups in total. The Labute approximate surface area is 118 Å².